The van der Waals surface area contributed by atoms with Crippen molar-refractivity contribution in [1.82, 2.24) is 24.9 Å². The minimum absolute atomic E-state index is 0.179. The van der Waals surface area contributed by atoms with Crippen molar-refractivity contribution in [2.24, 2.45) is 0 Å². The summed E-state index contributed by atoms with van der Waals surface area (Å²) in [5, 5.41) is 11.0. The van der Waals surface area contributed by atoms with Crippen LogP contribution in [0.5, 0.6) is 5.75 Å². The van der Waals surface area contributed by atoms with E-state index in [0.29, 0.717) is 22.9 Å². The lowest BCUT2D eigenvalue weighted by atomic mass is 10.2. The molecular weight excluding hydrogens is 294 g/mol. The Hall–Kier alpha value is -2.96. The van der Waals surface area contributed by atoms with Gasteiger partial charge in [-0.3, -0.25) is 9.20 Å². The molecule has 0 saturated carbocycles. The number of rotatable bonds is 4. The number of aromatic nitrogens is 4. The second kappa shape index (κ2) is 6.04. The van der Waals surface area contributed by atoms with Gasteiger partial charge in [-0.15, -0.1) is 10.2 Å². The first-order valence-electron chi connectivity index (χ1n) is 7.19. The molecule has 1 amide bonds. The summed E-state index contributed by atoms with van der Waals surface area (Å²) >= 11 is 0. The maximum absolute atomic E-state index is 12.2. The number of benzene rings is 1. The highest BCUT2D eigenvalue weighted by Crippen LogP contribution is 2.12. The van der Waals surface area contributed by atoms with E-state index in [1.807, 2.05) is 24.3 Å². The first-order valence-corrected chi connectivity index (χ1v) is 7.19. The number of ether oxygens (including phenoxy) is 1. The van der Waals surface area contributed by atoms with Crippen LogP contribution in [0.25, 0.3) is 5.78 Å². The van der Waals surface area contributed by atoms with E-state index in [-0.39, 0.29) is 12.5 Å². The Morgan fingerprint density at radius 3 is 2.65 bits per heavy atom. The summed E-state index contributed by atoms with van der Waals surface area (Å²) in [6, 6.07) is 8.88. The van der Waals surface area contributed by atoms with Gasteiger partial charge in [-0.05, 0) is 44.2 Å². The van der Waals surface area contributed by atoms with Crippen LogP contribution >= 0.6 is 0 Å². The van der Waals surface area contributed by atoms with E-state index >= 15 is 0 Å². The van der Waals surface area contributed by atoms with Crippen LogP contribution in [0.15, 0.2) is 30.3 Å². The molecule has 0 aliphatic carbocycles. The van der Waals surface area contributed by atoms with Crippen molar-refractivity contribution in [3.05, 3.63) is 53.1 Å². The molecule has 118 valence electrons. The van der Waals surface area contributed by atoms with Gasteiger partial charge in [-0.25, -0.2) is 4.98 Å². The molecule has 0 aliphatic heterocycles. The number of hydrogen-bond donors (Lipinski definition) is 1. The number of amides is 1. The lowest BCUT2D eigenvalue weighted by molar-refractivity contribution is 0.0949. The van der Waals surface area contributed by atoms with E-state index < -0.39 is 0 Å². The number of carbonyl (C=O) groups is 1. The lowest BCUT2D eigenvalue weighted by Crippen LogP contribution is -2.24. The van der Waals surface area contributed by atoms with Gasteiger partial charge >= 0.3 is 0 Å². The van der Waals surface area contributed by atoms with Crippen molar-refractivity contribution < 1.29 is 9.53 Å². The van der Waals surface area contributed by atoms with Gasteiger partial charge in [-0.2, -0.15) is 0 Å². The molecule has 0 saturated heterocycles. The summed E-state index contributed by atoms with van der Waals surface area (Å²) in [5.74, 6) is 1.72. The summed E-state index contributed by atoms with van der Waals surface area (Å²) in [6.45, 7) is 4.14. The zero-order chi connectivity index (χ0) is 16.4. The molecule has 2 aromatic heterocycles. The van der Waals surface area contributed by atoms with E-state index in [4.69, 9.17) is 4.74 Å². The summed E-state index contributed by atoms with van der Waals surface area (Å²) in [7, 11) is 1.59. The fourth-order valence-corrected chi connectivity index (χ4v) is 2.42. The van der Waals surface area contributed by atoms with Gasteiger partial charge in [0.05, 0.1) is 13.7 Å². The number of methoxy groups -OCH3 is 1. The number of fused-ring (bicyclic) bond motifs is 1. The molecule has 1 aromatic carbocycles. The second-order valence-corrected chi connectivity index (χ2v) is 5.20. The highest BCUT2D eigenvalue weighted by atomic mass is 16.5. The number of nitrogens with zero attached hydrogens (tertiary/aromatic N) is 4. The molecule has 0 fully saturated rings. The first-order chi connectivity index (χ1) is 11.1. The van der Waals surface area contributed by atoms with Gasteiger partial charge in [0.15, 0.2) is 5.82 Å². The Kier molecular flexibility index (Phi) is 3.92. The van der Waals surface area contributed by atoms with Crippen LogP contribution in [0, 0.1) is 13.8 Å². The predicted molar refractivity (Wildman–Crippen MR) is 84.4 cm³/mol. The van der Waals surface area contributed by atoms with Crippen molar-refractivity contribution in [1.29, 1.82) is 0 Å². The minimum atomic E-state index is -0.179. The molecule has 3 aromatic rings. The number of hydrogen-bond acceptors (Lipinski definition) is 5. The number of carbonyl (C=O) groups excluding carboxylic acids is 1. The Morgan fingerprint density at radius 2 is 1.96 bits per heavy atom. The summed E-state index contributed by atoms with van der Waals surface area (Å²) in [6.07, 6.45) is 0. The van der Waals surface area contributed by atoms with Gasteiger partial charge in [0.1, 0.15) is 5.75 Å². The molecule has 7 heteroatoms. The zero-order valence-electron chi connectivity index (χ0n) is 13.2. The van der Waals surface area contributed by atoms with E-state index in [9.17, 15) is 4.79 Å². The molecule has 0 atom stereocenters. The zero-order valence-corrected chi connectivity index (χ0v) is 13.2. The maximum atomic E-state index is 12.2. The molecule has 0 aliphatic rings. The molecule has 1 N–H and O–H groups in total. The van der Waals surface area contributed by atoms with Gasteiger partial charge in [0.2, 0.25) is 0 Å². The van der Waals surface area contributed by atoms with E-state index in [1.165, 1.54) is 0 Å². The van der Waals surface area contributed by atoms with E-state index in [1.54, 1.807) is 31.4 Å². The van der Waals surface area contributed by atoms with Crippen LogP contribution < -0.4 is 10.1 Å². The van der Waals surface area contributed by atoms with Crippen LogP contribution in [0.2, 0.25) is 0 Å². The molecule has 0 unspecified atom stereocenters. The van der Waals surface area contributed by atoms with Crippen molar-refractivity contribution in [2.75, 3.05) is 7.11 Å². The fourth-order valence-electron chi connectivity index (χ4n) is 2.42. The third-order valence-electron chi connectivity index (χ3n) is 3.52. The second-order valence-electron chi connectivity index (χ2n) is 5.20. The largest absolute Gasteiger partial charge is 0.497 e. The topological polar surface area (TPSA) is 81.4 Å². The summed E-state index contributed by atoms with van der Waals surface area (Å²) in [5.41, 5.74) is 2.42. The molecule has 2 heterocycles. The lowest BCUT2D eigenvalue weighted by Gasteiger charge is -2.07. The molecule has 23 heavy (non-hydrogen) atoms. The average molecular weight is 311 g/mol. The SMILES string of the molecule is COc1ccc(C(=O)NCc2nnc3nc(C)cc(C)n23)cc1. The Bertz CT molecular complexity index is 855. The molecule has 0 radical (unpaired) electrons. The van der Waals surface area contributed by atoms with Crippen molar-refractivity contribution in [3.8, 4) is 5.75 Å². The van der Waals surface area contributed by atoms with Crippen LogP contribution in [-0.4, -0.2) is 32.6 Å². The van der Waals surface area contributed by atoms with E-state index in [2.05, 4.69) is 20.5 Å². The van der Waals surface area contributed by atoms with Gasteiger partial charge in [0.25, 0.3) is 11.7 Å². The molecule has 7 nitrogen and oxygen atoms in total. The average Bonchev–Trinajstić information content (AvgIpc) is 2.95. The fraction of sp³-hybridized carbons (Fsp3) is 0.250. The Balaban J connectivity index is 1.76. The molecule has 3 rings (SSSR count). The highest BCUT2D eigenvalue weighted by Gasteiger charge is 2.11. The quantitative estimate of drug-likeness (QED) is 0.793. The molecular formula is C16H17N5O2. The minimum Gasteiger partial charge on any atom is -0.497 e. The van der Waals surface area contributed by atoms with E-state index in [0.717, 1.165) is 11.4 Å². The van der Waals surface area contributed by atoms with Crippen LogP contribution in [0.3, 0.4) is 0 Å². The first kappa shape index (κ1) is 15.0. The van der Waals surface area contributed by atoms with Crippen molar-refractivity contribution in [3.63, 3.8) is 0 Å². The predicted octanol–water partition coefficient (Wildman–Crippen LogP) is 1.68. The highest BCUT2D eigenvalue weighted by molar-refractivity contribution is 5.94. The van der Waals surface area contributed by atoms with Gasteiger partial charge < -0.3 is 10.1 Å². The Labute approximate surface area is 133 Å². The van der Waals surface area contributed by atoms with Gasteiger partial charge in [0, 0.05) is 17.0 Å². The van der Waals surface area contributed by atoms with Crippen molar-refractivity contribution >= 4 is 11.7 Å². The monoisotopic (exact) mass is 311 g/mol. The molecule has 0 spiro atoms. The standard InChI is InChI=1S/C16H17N5O2/c1-10-8-11(2)21-14(19-20-16(21)18-10)9-17-15(22)12-4-6-13(23-3)7-5-12/h4-8H,9H2,1-3H3,(H,17,22). The van der Waals surface area contributed by atoms with Gasteiger partial charge in [-0.1, -0.05) is 0 Å². The smallest absolute Gasteiger partial charge is 0.255 e. The summed E-state index contributed by atoms with van der Waals surface area (Å²) < 4.78 is 6.91. The molecule has 0 bridgehead atoms. The normalized spacial score (nSPS) is 10.7. The van der Waals surface area contributed by atoms with Crippen LogP contribution in [0.1, 0.15) is 27.6 Å². The Morgan fingerprint density at radius 1 is 1.22 bits per heavy atom. The number of nitrogens with one attached hydrogen (secondary N) is 1. The summed E-state index contributed by atoms with van der Waals surface area (Å²) in [4.78, 5) is 16.5. The third-order valence-corrected chi connectivity index (χ3v) is 3.52. The maximum Gasteiger partial charge on any atom is 0.255 e. The van der Waals surface area contributed by atoms with Crippen LogP contribution in [-0.2, 0) is 6.54 Å². The number of aryl methyl sites for hydroxylation is 2. The van der Waals surface area contributed by atoms with Crippen LogP contribution in [0.4, 0.5) is 0 Å². The third kappa shape index (κ3) is 2.98. The van der Waals surface area contributed by atoms with Crippen molar-refractivity contribution in [2.45, 2.75) is 20.4 Å².